The van der Waals surface area contributed by atoms with Crippen molar-refractivity contribution in [3.63, 3.8) is 0 Å². The highest BCUT2D eigenvalue weighted by molar-refractivity contribution is 5.88. The number of ether oxygens (including phenoxy) is 2. The number of carbonyl (C=O) groups excluding carboxylic acids is 2. The normalized spacial score (nSPS) is 10.5. The van der Waals surface area contributed by atoms with Gasteiger partial charge in [0.15, 0.2) is 5.69 Å². The van der Waals surface area contributed by atoms with Gasteiger partial charge in [-0.2, -0.15) is 4.73 Å². The first kappa shape index (κ1) is 16.7. The van der Waals surface area contributed by atoms with E-state index >= 15 is 0 Å². The van der Waals surface area contributed by atoms with E-state index in [9.17, 15) is 14.8 Å². The Balaban J connectivity index is 2.36. The lowest BCUT2D eigenvalue weighted by atomic mass is 10.2. The van der Waals surface area contributed by atoms with Crippen LogP contribution < -0.4 is 4.73 Å². The van der Waals surface area contributed by atoms with Crippen molar-refractivity contribution in [2.45, 2.75) is 32.8 Å². The van der Waals surface area contributed by atoms with Crippen LogP contribution in [0, 0.1) is 5.21 Å². The summed E-state index contributed by atoms with van der Waals surface area (Å²) in [6.07, 6.45) is 1.88. The molecule has 0 spiro atoms. The van der Waals surface area contributed by atoms with E-state index in [1.165, 1.54) is 7.11 Å². The largest absolute Gasteiger partial charge is 0.618 e. The molecule has 23 heavy (non-hydrogen) atoms. The summed E-state index contributed by atoms with van der Waals surface area (Å²) >= 11 is 0. The van der Waals surface area contributed by atoms with E-state index in [0.717, 1.165) is 12.8 Å². The molecule has 0 aliphatic rings. The minimum absolute atomic E-state index is 0.0791. The molecule has 2 aromatic rings. The molecule has 0 saturated carbocycles. The third kappa shape index (κ3) is 3.74. The average molecular weight is 318 g/mol. The van der Waals surface area contributed by atoms with Gasteiger partial charge in [0.1, 0.15) is 12.1 Å². The Hall–Kier alpha value is -2.70. The topological polar surface area (TPSA) is 92.4 Å². The summed E-state index contributed by atoms with van der Waals surface area (Å²) in [6, 6.07) is 6.60. The Morgan fingerprint density at radius 3 is 2.74 bits per heavy atom. The smallest absolute Gasteiger partial charge is 0.406 e. The molecular weight excluding hydrogens is 300 g/mol. The Labute approximate surface area is 133 Å². The molecule has 122 valence electrons. The standard InChI is InChI=1S/C16H18N2O5/c1-3-4-9-14(19)23-10-12-15(16(20)22-2)18(21)13-8-6-5-7-11(13)17-12/h5-8H,3-4,9-10H2,1-2H3. The second-order valence-corrected chi connectivity index (χ2v) is 4.95. The van der Waals surface area contributed by atoms with Crippen LogP contribution in [0.3, 0.4) is 0 Å². The molecular formula is C16H18N2O5. The number of esters is 2. The van der Waals surface area contributed by atoms with Gasteiger partial charge < -0.3 is 14.7 Å². The predicted molar refractivity (Wildman–Crippen MR) is 81.4 cm³/mol. The lowest BCUT2D eigenvalue weighted by Crippen LogP contribution is -2.38. The monoisotopic (exact) mass is 318 g/mol. The minimum atomic E-state index is -0.821. The maximum Gasteiger partial charge on any atom is 0.406 e. The summed E-state index contributed by atoms with van der Waals surface area (Å²) in [5.41, 5.74) is 0.466. The van der Waals surface area contributed by atoms with Gasteiger partial charge in [-0.05, 0) is 12.5 Å². The van der Waals surface area contributed by atoms with Crippen molar-refractivity contribution in [2.75, 3.05) is 7.11 Å². The van der Waals surface area contributed by atoms with Gasteiger partial charge in [-0.1, -0.05) is 25.5 Å². The van der Waals surface area contributed by atoms with Crippen molar-refractivity contribution >= 4 is 23.0 Å². The second kappa shape index (κ2) is 7.53. The summed E-state index contributed by atoms with van der Waals surface area (Å²) in [6.45, 7) is 1.72. The Bertz CT molecular complexity index is 730. The van der Waals surface area contributed by atoms with Crippen LogP contribution in [-0.4, -0.2) is 24.0 Å². The van der Waals surface area contributed by atoms with Gasteiger partial charge in [-0.25, -0.2) is 9.78 Å². The van der Waals surface area contributed by atoms with E-state index in [4.69, 9.17) is 4.74 Å². The van der Waals surface area contributed by atoms with Crippen molar-refractivity contribution < 1.29 is 23.8 Å². The van der Waals surface area contributed by atoms with Crippen LogP contribution in [0.2, 0.25) is 0 Å². The zero-order valence-corrected chi connectivity index (χ0v) is 13.1. The second-order valence-electron chi connectivity index (χ2n) is 4.95. The number of methoxy groups -OCH3 is 1. The van der Waals surface area contributed by atoms with Gasteiger partial charge in [0, 0.05) is 12.5 Å². The molecule has 0 aliphatic heterocycles. The first-order chi connectivity index (χ1) is 11.1. The Morgan fingerprint density at radius 1 is 1.30 bits per heavy atom. The van der Waals surface area contributed by atoms with E-state index in [1.807, 2.05) is 6.92 Å². The molecule has 0 amide bonds. The molecule has 7 heteroatoms. The van der Waals surface area contributed by atoms with E-state index in [-0.39, 0.29) is 29.9 Å². The third-order valence-electron chi connectivity index (χ3n) is 3.32. The molecule has 0 atom stereocenters. The summed E-state index contributed by atoms with van der Waals surface area (Å²) < 4.78 is 10.2. The highest BCUT2D eigenvalue weighted by Crippen LogP contribution is 2.13. The van der Waals surface area contributed by atoms with Crippen LogP contribution in [0.15, 0.2) is 24.3 Å². The zero-order valence-electron chi connectivity index (χ0n) is 13.1. The molecule has 2 rings (SSSR count). The number of hydrogen-bond donors (Lipinski definition) is 0. The van der Waals surface area contributed by atoms with Crippen molar-refractivity contribution in [2.24, 2.45) is 0 Å². The average Bonchev–Trinajstić information content (AvgIpc) is 2.57. The summed E-state index contributed by atoms with van der Waals surface area (Å²) in [4.78, 5) is 27.8. The van der Waals surface area contributed by atoms with E-state index in [0.29, 0.717) is 10.2 Å². The van der Waals surface area contributed by atoms with Crippen molar-refractivity contribution in [3.05, 3.63) is 40.9 Å². The summed E-state index contributed by atoms with van der Waals surface area (Å²) in [7, 11) is 1.18. The predicted octanol–water partition coefficient (Wildman–Crippen LogP) is 1.89. The third-order valence-corrected chi connectivity index (χ3v) is 3.32. The number of carbonyl (C=O) groups is 2. The molecule has 0 bridgehead atoms. The summed E-state index contributed by atoms with van der Waals surface area (Å²) in [5.74, 6) is -1.21. The Kier molecular flexibility index (Phi) is 5.46. The SMILES string of the molecule is CCCCC(=O)OCc1nc2ccccc2[n+]([O-])c1C(=O)OC. The molecule has 0 aliphatic carbocycles. The van der Waals surface area contributed by atoms with Gasteiger partial charge in [0.05, 0.1) is 7.11 Å². The maximum atomic E-state index is 12.4. The van der Waals surface area contributed by atoms with Crippen LogP contribution in [0.25, 0.3) is 11.0 Å². The highest BCUT2D eigenvalue weighted by Gasteiger charge is 2.27. The van der Waals surface area contributed by atoms with E-state index < -0.39 is 11.9 Å². The van der Waals surface area contributed by atoms with Crippen molar-refractivity contribution in [1.29, 1.82) is 0 Å². The van der Waals surface area contributed by atoms with Crippen LogP contribution in [0.4, 0.5) is 0 Å². The van der Waals surface area contributed by atoms with Crippen LogP contribution in [0.5, 0.6) is 0 Å². The quantitative estimate of drug-likeness (QED) is 0.459. The fraction of sp³-hybridized carbons (Fsp3) is 0.375. The van der Waals surface area contributed by atoms with Gasteiger partial charge in [-0.3, -0.25) is 4.79 Å². The number of rotatable bonds is 6. The molecule has 7 nitrogen and oxygen atoms in total. The number of hydrogen-bond acceptors (Lipinski definition) is 6. The Morgan fingerprint density at radius 2 is 2.04 bits per heavy atom. The first-order valence-electron chi connectivity index (χ1n) is 7.33. The number of benzene rings is 1. The van der Waals surface area contributed by atoms with Gasteiger partial charge in [0.25, 0.3) is 0 Å². The lowest BCUT2D eigenvalue weighted by Gasteiger charge is -2.10. The molecule has 0 unspecified atom stereocenters. The molecule has 0 fully saturated rings. The lowest BCUT2D eigenvalue weighted by molar-refractivity contribution is -0.581. The number of aromatic nitrogens is 2. The molecule has 0 radical (unpaired) electrons. The van der Waals surface area contributed by atoms with Gasteiger partial charge >= 0.3 is 17.6 Å². The number of fused-ring (bicyclic) bond motifs is 1. The molecule has 0 saturated heterocycles. The van der Waals surface area contributed by atoms with Crippen LogP contribution in [-0.2, 0) is 20.9 Å². The van der Waals surface area contributed by atoms with E-state index in [1.54, 1.807) is 24.3 Å². The fourth-order valence-electron chi connectivity index (χ4n) is 2.11. The zero-order chi connectivity index (χ0) is 16.8. The molecule has 1 aromatic carbocycles. The van der Waals surface area contributed by atoms with Crippen molar-refractivity contribution in [3.8, 4) is 0 Å². The first-order valence-corrected chi connectivity index (χ1v) is 7.33. The van der Waals surface area contributed by atoms with Gasteiger partial charge in [-0.15, -0.1) is 0 Å². The van der Waals surface area contributed by atoms with Crippen LogP contribution in [0.1, 0.15) is 42.4 Å². The summed E-state index contributed by atoms with van der Waals surface area (Å²) in [5, 5.41) is 12.4. The number of nitrogens with zero attached hydrogens (tertiary/aromatic N) is 2. The fourth-order valence-corrected chi connectivity index (χ4v) is 2.11. The van der Waals surface area contributed by atoms with E-state index in [2.05, 4.69) is 9.72 Å². The number of para-hydroxylation sites is 2. The highest BCUT2D eigenvalue weighted by atomic mass is 16.5. The molecule has 0 N–H and O–H groups in total. The van der Waals surface area contributed by atoms with Gasteiger partial charge in [0.2, 0.25) is 5.52 Å². The molecule has 1 heterocycles. The van der Waals surface area contributed by atoms with Crippen LogP contribution >= 0.6 is 0 Å². The van der Waals surface area contributed by atoms with Crippen molar-refractivity contribution in [1.82, 2.24) is 4.98 Å². The maximum absolute atomic E-state index is 12.4. The minimum Gasteiger partial charge on any atom is -0.618 e. The molecule has 1 aromatic heterocycles. The number of unbranched alkanes of at least 4 members (excludes halogenated alkanes) is 1.